The molecule has 1 amide bonds. The molecular weight excluding hydrogens is 450 g/mol. The van der Waals surface area contributed by atoms with Crippen LogP contribution in [-0.4, -0.2) is 80.8 Å². The van der Waals surface area contributed by atoms with Gasteiger partial charge >= 0.3 is 0 Å². The lowest BCUT2D eigenvalue weighted by molar-refractivity contribution is 0.0605. The quantitative estimate of drug-likeness (QED) is 0.396. The second-order valence-corrected chi connectivity index (χ2v) is 8.95. The molecule has 4 aromatic heterocycles. The summed E-state index contributed by atoms with van der Waals surface area (Å²) < 4.78 is 14.8. The van der Waals surface area contributed by atoms with E-state index in [9.17, 15) is 9.90 Å². The van der Waals surface area contributed by atoms with Crippen LogP contribution >= 0.6 is 0 Å². The maximum Gasteiger partial charge on any atom is 0.257 e. The number of aromatic nitrogens is 5. The molecule has 6 rings (SSSR count). The standard InChI is InChI=1S/C24H27N7O4/c1-25-21-8-18(17-10-30(14-4-3-7-34-11-14)22-15(17)5-2-6-26-22)28-23-16(9-27-31(21)23)24(33)29-19-12-35-13-20(19)32/h2,5-6,8-10,14,19-20,25,32H,3-4,7,11-13H2,1H3,(H,29,33)/t14-,19?,20+/m1/s1. The summed E-state index contributed by atoms with van der Waals surface area (Å²) in [7, 11) is 1.80. The van der Waals surface area contributed by atoms with Crippen molar-refractivity contribution in [3.8, 4) is 11.3 Å². The van der Waals surface area contributed by atoms with Gasteiger partial charge in [0.05, 0.1) is 49.9 Å². The second-order valence-electron chi connectivity index (χ2n) is 8.95. The monoisotopic (exact) mass is 477 g/mol. The summed E-state index contributed by atoms with van der Waals surface area (Å²) >= 11 is 0. The van der Waals surface area contributed by atoms with Gasteiger partial charge in [-0.05, 0) is 25.0 Å². The molecule has 0 saturated carbocycles. The van der Waals surface area contributed by atoms with Crippen LogP contribution in [0.1, 0.15) is 29.2 Å². The Morgan fingerprint density at radius 2 is 2.14 bits per heavy atom. The largest absolute Gasteiger partial charge is 0.388 e. The van der Waals surface area contributed by atoms with Crippen LogP contribution in [-0.2, 0) is 9.47 Å². The molecule has 2 saturated heterocycles. The number of pyridine rings is 1. The van der Waals surface area contributed by atoms with Gasteiger partial charge in [0.25, 0.3) is 5.91 Å². The summed E-state index contributed by atoms with van der Waals surface area (Å²) in [5, 5.41) is 21.4. The zero-order chi connectivity index (χ0) is 23.9. The van der Waals surface area contributed by atoms with Crippen molar-refractivity contribution in [3.05, 3.63) is 42.4 Å². The van der Waals surface area contributed by atoms with Crippen LogP contribution in [0.4, 0.5) is 5.82 Å². The number of aliphatic hydroxyl groups is 1. The molecule has 3 atom stereocenters. The normalized spacial score (nSPS) is 22.6. The van der Waals surface area contributed by atoms with Crippen LogP contribution in [0, 0.1) is 0 Å². The molecule has 0 radical (unpaired) electrons. The van der Waals surface area contributed by atoms with Crippen molar-refractivity contribution in [1.29, 1.82) is 0 Å². The molecule has 0 spiro atoms. The molecular formula is C24H27N7O4. The van der Waals surface area contributed by atoms with Crippen molar-refractivity contribution in [2.45, 2.75) is 31.0 Å². The predicted molar refractivity (Wildman–Crippen MR) is 128 cm³/mol. The summed E-state index contributed by atoms with van der Waals surface area (Å²) in [5.41, 5.74) is 3.25. The Kier molecular flexibility index (Phi) is 5.59. The van der Waals surface area contributed by atoms with Crippen LogP contribution < -0.4 is 10.6 Å². The Labute approximate surface area is 201 Å². The Bertz CT molecular complexity index is 1390. The number of nitrogens with one attached hydrogen (secondary N) is 2. The molecule has 0 aliphatic carbocycles. The average Bonchev–Trinajstić information content (AvgIpc) is 3.61. The third-order valence-corrected chi connectivity index (χ3v) is 6.73. The molecule has 3 N–H and O–H groups in total. The Morgan fingerprint density at radius 3 is 2.91 bits per heavy atom. The summed E-state index contributed by atoms with van der Waals surface area (Å²) in [5.74, 6) is 0.337. The van der Waals surface area contributed by atoms with Gasteiger partial charge in [0, 0.05) is 43.1 Å². The average molecular weight is 478 g/mol. The number of hydrogen-bond acceptors (Lipinski definition) is 8. The van der Waals surface area contributed by atoms with Gasteiger partial charge in [0.15, 0.2) is 5.65 Å². The van der Waals surface area contributed by atoms with E-state index in [1.807, 2.05) is 18.2 Å². The molecule has 1 unspecified atom stereocenters. The van der Waals surface area contributed by atoms with E-state index >= 15 is 0 Å². The highest BCUT2D eigenvalue weighted by molar-refractivity contribution is 6.01. The van der Waals surface area contributed by atoms with Crippen LogP contribution in [0.25, 0.3) is 27.9 Å². The summed E-state index contributed by atoms with van der Waals surface area (Å²) in [6, 6.07) is 5.61. The summed E-state index contributed by atoms with van der Waals surface area (Å²) in [4.78, 5) is 22.6. The van der Waals surface area contributed by atoms with Gasteiger partial charge in [-0.3, -0.25) is 4.79 Å². The minimum absolute atomic E-state index is 0.205. The molecule has 2 fully saturated rings. The number of nitrogens with zero attached hydrogens (tertiary/aromatic N) is 5. The molecule has 4 aromatic rings. The van der Waals surface area contributed by atoms with Gasteiger partial charge in [0.1, 0.15) is 17.0 Å². The summed E-state index contributed by atoms with van der Waals surface area (Å²) in [6.07, 6.45) is 6.67. The number of carbonyl (C=O) groups is 1. The number of amides is 1. The fraction of sp³-hybridized carbons (Fsp3) is 0.417. The first kappa shape index (κ1) is 22.0. The van der Waals surface area contributed by atoms with Crippen molar-refractivity contribution in [1.82, 2.24) is 29.5 Å². The number of hydrogen-bond donors (Lipinski definition) is 3. The Morgan fingerprint density at radius 1 is 1.23 bits per heavy atom. The highest BCUT2D eigenvalue weighted by atomic mass is 16.5. The van der Waals surface area contributed by atoms with Crippen molar-refractivity contribution in [2.75, 3.05) is 38.8 Å². The zero-order valence-electron chi connectivity index (χ0n) is 19.3. The lowest BCUT2D eigenvalue weighted by Crippen LogP contribution is -2.42. The van der Waals surface area contributed by atoms with Gasteiger partial charge in [0.2, 0.25) is 0 Å². The molecule has 182 valence electrons. The van der Waals surface area contributed by atoms with E-state index in [0.717, 1.165) is 36.0 Å². The van der Waals surface area contributed by atoms with Crippen LogP contribution in [0.2, 0.25) is 0 Å². The number of aliphatic hydroxyl groups excluding tert-OH is 1. The van der Waals surface area contributed by atoms with E-state index in [0.29, 0.717) is 29.3 Å². The molecule has 35 heavy (non-hydrogen) atoms. The molecule has 2 aliphatic heterocycles. The summed E-state index contributed by atoms with van der Waals surface area (Å²) in [6.45, 7) is 1.91. The maximum atomic E-state index is 13.1. The van der Waals surface area contributed by atoms with Crippen LogP contribution in [0.5, 0.6) is 0 Å². The number of carbonyl (C=O) groups excluding carboxylic acids is 1. The molecule has 11 nitrogen and oxygen atoms in total. The molecule has 0 bridgehead atoms. The first-order chi connectivity index (χ1) is 17.1. The van der Waals surface area contributed by atoms with Crippen LogP contribution in [0.3, 0.4) is 0 Å². The number of anilines is 1. The number of fused-ring (bicyclic) bond motifs is 2. The van der Waals surface area contributed by atoms with E-state index in [1.165, 1.54) is 6.20 Å². The van der Waals surface area contributed by atoms with E-state index in [4.69, 9.17) is 14.5 Å². The minimum atomic E-state index is -0.737. The van der Waals surface area contributed by atoms with E-state index in [-0.39, 0.29) is 25.2 Å². The smallest absolute Gasteiger partial charge is 0.257 e. The maximum absolute atomic E-state index is 13.1. The van der Waals surface area contributed by atoms with Crippen molar-refractivity contribution in [3.63, 3.8) is 0 Å². The first-order valence-corrected chi connectivity index (χ1v) is 11.8. The second kappa shape index (κ2) is 8.91. The van der Waals surface area contributed by atoms with Gasteiger partial charge in [-0.1, -0.05) is 0 Å². The minimum Gasteiger partial charge on any atom is -0.388 e. The van der Waals surface area contributed by atoms with Crippen LogP contribution in [0.15, 0.2) is 36.8 Å². The Balaban J connectivity index is 1.45. The molecule has 6 heterocycles. The lowest BCUT2D eigenvalue weighted by atomic mass is 10.1. The number of rotatable bonds is 5. The number of ether oxygens (including phenoxy) is 2. The van der Waals surface area contributed by atoms with Crippen molar-refractivity contribution >= 4 is 28.4 Å². The highest BCUT2D eigenvalue weighted by Gasteiger charge is 2.29. The lowest BCUT2D eigenvalue weighted by Gasteiger charge is -2.24. The SMILES string of the molecule is CNc1cc(-c2cn([C@@H]3CCCOC3)c3ncccc23)nc2c(C(=O)NC3COC[C@@H]3O)cnn12. The van der Waals surface area contributed by atoms with E-state index in [2.05, 4.69) is 31.5 Å². The molecule has 0 aromatic carbocycles. The Hall–Kier alpha value is -3.54. The molecule has 2 aliphatic rings. The van der Waals surface area contributed by atoms with Crippen molar-refractivity contribution in [2.24, 2.45) is 0 Å². The topological polar surface area (TPSA) is 128 Å². The fourth-order valence-electron chi connectivity index (χ4n) is 4.87. The van der Waals surface area contributed by atoms with Gasteiger partial charge in [-0.15, -0.1) is 0 Å². The van der Waals surface area contributed by atoms with Gasteiger partial charge in [-0.25, -0.2) is 9.97 Å². The molecule has 11 heteroatoms. The highest BCUT2D eigenvalue weighted by Crippen LogP contribution is 2.34. The zero-order valence-corrected chi connectivity index (χ0v) is 19.3. The fourth-order valence-corrected chi connectivity index (χ4v) is 4.87. The predicted octanol–water partition coefficient (Wildman–Crippen LogP) is 1.63. The van der Waals surface area contributed by atoms with Gasteiger partial charge in [-0.2, -0.15) is 9.61 Å². The third-order valence-electron chi connectivity index (χ3n) is 6.73. The van der Waals surface area contributed by atoms with E-state index < -0.39 is 12.1 Å². The van der Waals surface area contributed by atoms with E-state index in [1.54, 1.807) is 17.8 Å². The van der Waals surface area contributed by atoms with Crippen molar-refractivity contribution < 1.29 is 19.4 Å². The van der Waals surface area contributed by atoms with Gasteiger partial charge < -0.3 is 29.8 Å². The third kappa shape index (κ3) is 3.81. The first-order valence-electron chi connectivity index (χ1n) is 11.8.